The fraction of sp³-hybridized carbons (Fsp3) is 0.0714. The highest BCUT2D eigenvalue weighted by Crippen LogP contribution is 2.58. The van der Waals surface area contributed by atoms with Gasteiger partial charge < -0.3 is 4.90 Å². The molecule has 9 aromatic rings. The van der Waals surface area contributed by atoms with E-state index in [1.165, 1.54) is 77.5 Å². The minimum absolute atomic E-state index is 0.159. The molecule has 0 unspecified atom stereocenters. The highest BCUT2D eigenvalue weighted by molar-refractivity contribution is 5.97. The van der Waals surface area contributed by atoms with Gasteiger partial charge in [-0.15, -0.1) is 0 Å². The van der Waals surface area contributed by atoms with Gasteiger partial charge in [0.25, 0.3) is 0 Å². The molecule has 2 aliphatic carbocycles. The second kappa shape index (κ2) is 12.8. The van der Waals surface area contributed by atoms with E-state index in [-0.39, 0.29) is 5.41 Å². The topological polar surface area (TPSA) is 3.24 Å². The second-order valence-electron chi connectivity index (χ2n) is 16.0. The van der Waals surface area contributed by atoms with Crippen LogP contribution in [-0.4, -0.2) is 0 Å². The van der Waals surface area contributed by atoms with Gasteiger partial charge in [-0.3, -0.25) is 0 Å². The molecule has 57 heavy (non-hydrogen) atoms. The van der Waals surface area contributed by atoms with Gasteiger partial charge in [0.05, 0.1) is 11.1 Å². The number of hydrogen-bond acceptors (Lipinski definition) is 1. The van der Waals surface area contributed by atoms with Gasteiger partial charge in [-0.2, -0.15) is 0 Å². The van der Waals surface area contributed by atoms with Crippen LogP contribution >= 0.6 is 0 Å². The average molecular weight is 728 g/mol. The molecule has 0 radical (unpaired) electrons. The summed E-state index contributed by atoms with van der Waals surface area (Å²) < 4.78 is 0. The van der Waals surface area contributed by atoms with Crippen molar-refractivity contribution in [2.75, 3.05) is 4.90 Å². The van der Waals surface area contributed by atoms with Crippen LogP contribution < -0.4 is 4.90 Å². The van der Waals surface area contributed by atoms with Crippen molar-refractivity contribution < 1.29 is 0 Å². The highest BCUT2D eigenvalue weighted by Gasteiger charge is 2.46. The number of benzene rings is 9. The Morgan fingerprint density at radius 2 is 0.825 bits per heavy atom. The molecule has 2 aliphatic rings. The fourth-order valence-corrected chi connectivity index (χ4v) is 10.3. The van der Waals surface area contributed by atoms with E-state index in [0.29, 0.717) is 0 Å². The monoisotopic (exact) mass is 727 g/mol. The van der Waals surface area contributed by atoms with Gasteiger partial charge in [-0.25, -0.2) is 0 Å². The van der Waals surface area contributed by atoms with Crippen LogP contribution in [0.2, 0.25) is 0 Å². The predicted molar refractivity (Wildman–Crippen MR) is 239 cm³/mol. The van der Waals surface area contributed by atoms with Crippen molar-refractivity contribution in [3.05, 3.63) is 246 Å². The number of hydrogen-bond donors (Lipinski definition) is 0. The van der Waals surface area contributed by atoms with Gasteiger partial charge in [-0.05, 0) is 102 Å². The van der Waals surface area contributed by atoms with Gasteiger partial charge >= 0.3 is 0 Å². The molecular formula is C56H41N. The van der Waals surface area contributed by atoms with E-state index >= 15 is 0 Å². The van der Waals surface area contributed by atoms with Crippen LogP contribution in [0.3, 0.4) is 0 Å². The van der Waals surface area contributed by atoms with Gasteiger partial charge in [0.1, 0.15) is 0 Å². The van der Waals surface area contributed by atoms with Crippen molar-refractivity contribution in [2.24, 2.45) is 0 Å². The molecule has 1 nitrogen and oxygen atoms in total. The summed E-state index contributed by atoms with van der Waals surface area (Å²) in [5.41, 5.74) is 18.3. The Kier molecular flexibility index (Phi) is 7.50. The molecule has 0 amide bonds. The molecule has 0 saturated carbocycles. The van der Waals surface area contributed by atoms with E-state index in [9.17, 15) is 0 Å². The molecule has 9 aromatic carbocycles. The second-order valence-corrected chi connectivity index (χ2v) is 16.0. The zero-order valence-corrected chi connectivity index (χ0v) is 32.2. The lowest BCUT2D eigenvalue weighted by atomic mass is 9.67. The number of anilines is 3. The maximum atomic E-state index is 2.50. The van der Waals surface area contributed by atoms with E-state index in [1.807, 2.05) is 0 Å². The first kappa shape index (κ1) is 33.4. The summed E-state index contributed by atoms with van der Waals surface area (Å²) in [6, 6.07) is 78.8. The summed E-state index contributed by atoms with van der Waals surface area (Å²) in [5.74, 6) is 0. The molecular weight excluding hydrogens is 687 g/mol. The molecule has 0 N–H and O–H groups in total. The smallest absolute Gasteiger partial charge is 0.0714 e. The molecule has 0 saturated heterocycles. The van der Waals surface area contributed by atoms with E-state index in [4.69, 9.17) is 0 Å². The summed E-state index contributed by atoms with van der Waals surface area (Å²) in [6.07, 6.45) is 0. The molecule has 0 aliphatic heterocycles. The highest BCUT2D eigenvalue weighted by atomic mass is 15.1. The normalized spacial score (nSPS) is 14.1. The lowest BCUT2D eigenvalue weighted by Crippen LogP contribution is -2.28. The van der Waals surface area contributed by atoms with Gasteiger partial charge in [0.15, 0.2) is 0 Å². The van der Waals surface area contributed by atoms with E-state index < -0.39 is 5.41 Å². The first-order valence-corrected chi connectivity index (χ1v) is 20.0. The minimum Gasteiger partial charge on any atom is -0.310 e. The maximum absolute atomic E-state index is 2.50. The average Bonchev–Trinajstić information content (AvgIpc) is 3.70. The summed E-state index contributed by atoms with van der Waals surface area (Å²) in [5, 5.41) is 2.44. The van der Waals surface area contributed by atoms with Gasteiger partial charge in [-0.1, -0.05) is 196 Å². The van der Waals surface area contributed by atoms with Crippen LogP contribution in [0.5, 0.6) is 0 Å². The molecule has 1 heteroatoms. The third kappa shape index (κ3) is 4.89. The quantitative estimate of drug-likeness (QED) is 0.165. The van der Waals surface area contributed by atoms with Crippen molar-refractivity contribution in [3.8, 4) is 33.4 Å². The largest absolute Gasteiger partial charge is 0.310 e. The fourth-order valence-electron chi connectivity index (χ4n) is 10.3. The zero-order valence-electron chi connectivity index (χ0n) is 32.2. The summed E-state index contributed by atoms with van der Waals surface area (Å²) in [6.45, 7) is 4.77. The van der Waals surface area contributed by atoms with Crippen molar-refractivity contribution in [2.45, 2.75) is 24.7 Å². The Morgan fingerprint density at radius 1 is 0.333 bits per heavy atom. The number of para-hydroxylation sites is 1. The lowest BCUT2D eigenvalue weighted by Gasteiger charge is -2.35. The standard InChI is InChI=1S/C56H41N/c1-55(2)50-29-14-11-25-45(50)48-27-17-28-49(54(48)55)47-26-13-16-31-53(47)57(42-33-32-38-18-9-10-19-39(38)36-42)43-34-35-46-44-24-12-15-30-51(44)56(52(46)37-43,40-20-5-3-6-21-40)41-22-7-4-8-23-41/h3-37H,1-2H3. The summed E-state index contributed by atoms with van der Waals surface area (Å²) >= 11 is 0. The first-order valence-electron chi connectivity index (χ1n) is 20.0. The number of fused-ring (bicyclic) bond motifs is 7. The van der Waals surface area contributed by atoms with Crippen molar-refractivity contribution in [1.82, 2.24) is 0 Å². The van der Waals surface area contributed by atoms with Crippen LogP contribution in [0.4, 0.5) is 17.1 Å². The van der Waals surface area contributed by atoms with Crippen LogP contribution in [0.15, 0.2) is 212 Å². The van der Waals surface area contributed by atoms with Crippen LogP contribution in [0, 0.1) is 0 Å². The van der Waals surface area contributed by atoms with Crippen molar-refractivity contribution >= 4 is 27.8 Å². The molecule has 270 valence electrons. The minimum atomic E-state index is -0.505. The SMILES string of the molecule is CC1(C)c2ccccc2-c2cccc(-c3ccccc3N(c3ccc4c(c3)C(c3ccccc3)(c3ccccc3)c3ccccc3-4)c3ccc4ccccc4c3)c21. The zero-order chi connectivity index (χ0) is 38.1. The Bertz CT molecular complexity index is 2950. The molecule has 0 atom stereocenters. The Morgan fingerprint density at radius 3 is 1.54 bits per heavy atom. The van der Waals surface area contributed by atoms with Crippen LogP contribution in [0.1, 0.15) is 47.2 Å². The van der Waals surface area contributed by atoms with Crippen molar-refractivity contribution in [3.63, 3.8) is 0 Å². The van der Waals surface area contributed by atoms with Gasteiger partial charge in [0, 0.05) is 22.4 Å². The molecule has 0 aromatic heterocycles. The predicted octanol–water partition coefficient (Wildman–Crippen LogP) is 14.6. The molecule has 0 heterocycles. The third-order valence-corrected chi connectivity index (χ3v) is 12.7. The van der Waals surface area contributed by atoms with E-state index in [1.54, 1.807) is 0 Å². The number of nitrogens with zero attached hydrogens (tertiary/aromatic N) is 1. The van der Waals surface area contributed by atoms with Crippen molar-refractivity contribution in [1.29, 1.82) is 0 Å². The number of rotatable bonds is 6. The molecule has 0 spiro atoms. The molecule has 11 rings (SSSR count). The van der Waals surface area contributed by atoms with Gasteiger partial charge in [0.2, 0.25) is 0 Å². The summed E-state index contributed by atoms with van der Waals surface area (Å²) in [4.78, 5) is 2.50. The Hall–Kier alpha value is -6.96. The van der Waals surface area contributed by atoms with E-state index in [0.717, 1.165) is 17.1 Å². The van der Waals surface area contributed by atoms with E-state index in [2.05, 4.69) is 231 Å². The first-order chi connectivity index (χ1) is 28.0. The lowest BCUT2D eigenvalue weighted by molar-refractivity contribution is 0.662. The Labute approximate surface area is 335 Å². The molecule has 0 fully saturated rings. The van der Waals surface area contributed by atoms with Crippen LogP contribution in [0.25, 0.3) is 44.2 Å². The Balaban J connectivity index is 1.20. The van der Waals surface area contributed by atoms with Crippen LogP contribution in [-0.2, 0) is 10.8 Å². The molecule has 0 bridgehead atoms. The maximum Gasteiger partial charge on any atom is 0.0714 e. The summed E-state index contributed by atoms with van der Waals surface area (Å²) in [7, 11) is 0. The third-order valence-electron chi connectivity index (χ3n) is 12.7.